The number of carbonyl (C=O) groups excluding carboxylic acids is 2. The van der Waals surface area contributed by atoms with Gasteiger partial charge in [-0.05, 0) is 96.3 Å². The van der Waals surface area contributed by atoms with Crippen molar-refractivity contribution in [3.63, 3.8) is 0 Å². The van der Waals surface area contributed by atoms with E-state index >= 15 is 0 Å². The summed E-state index contributed by atoms with van der Waals surface area (Å²) < 4.78 is 17.6. The van der Waals surface area contributed by atoms with Crippen LogP contribution < -0.4 is 5.32 Å². The molecule has 8 unspecified atom stereocenters. The summed E-state index contributed by atoms with van der Waals surface area (Å²) in [6.45, 7) is 5.62. The van der Waals surface area contributed by atoms with Gasteiger partial charge in [-0.25, -0.2) is 0 Å². The SMILES string of the molecule is CC/C=C/C/C=C/C/C=C/CCCCCC(O)C(=O)NC(COC1OC(CO)C(O)C(O)C1OC(=O)CCCCCCCCCC/C=C\C/C=C\C/C=C\CCCCC)C(O)/C=C/CCCCCCCCCCCCC. The van der Waals surface area contributed by atoms with Crippen molar-refractivity contribution in [1.29, 1.82) is 0 Å². The molecule has 11 heteroatoms. The average Bonchev–Trinajstić information content (AvgIpc) is 3.42. The number of carbonyl (C=O) groups is 2. The van der Waals surface area contributed by atoms with Gasteiger partial charge >= 0.3 is 5.97 Å². The summed E-state index contributed by atoms with van der Waals surface area (Å²) >= 11 is 0. The summed E-state index contributed by atoms with van der Waals surface area (Å²) in [5.74, 6) is -1.23. The molecular formula is C65H113NO10. The number of hydrogen-bond donors (Lipinski definition) is 6. The van der Waals surface area contributed by atoms with Crippen LogP contribution in [-0.2, 0) is 23.8 Å². The van der Waals surface area contributed by atoms with Gasteiger partial charge in [-0.1, -0.05) is 234 Å². The van der Waals surface area contributed by atoms with Gasteiger partial charge in [0, 0.05) is 6.42 Å². The highest BCUT2D eigenvalue weighted by Crippen LogP contribution is 2.26. The third kappa shape index (κ3) is 40.1. The molecule has 8 atom stereocenters. The lowest BCUT2D eigenvalue weighted by molar-refractivity contribution is -0.305. The Kier molecular flexibility index (Phi) is 49.0. The summed E-state index contributed by atoms with van der Waals surface area (Å²) in [4.78, 5) is 26.5. The molecule has 1 aliphatic heterocycles. The Morgan fingerprint density at radius 2 is 0.947 bits per heavy atom. The fourth-order valence-electron chi connectivity index (χ4n) is 9.14. The first-order valence-electron chi connectivity index (χ1n) is 30.9. The quantitative estimate of drug-likeness (QED) is 0.0195. The van der Waals surface area contributed by atoms with Crippen molar-refractivity contribution in [2.45, 2.75) is 301 Å². The average molecular weight is 1070 g/mol. The Hall–Kier alpha value is -3.16. The number of unbranched alkanes of at least 4 members (excludes halogenated alkanes) is 25. The number of hydrogen-bond acceptors (Lipinski definition) is 10. The van der Waals surface area contributed by atoms with E-state index in [-0.39, 0.29) is 19.4 Å². The van der Waals surface area contributed by atoms with Crippen molar-refractivity contribution in [2.75, 3.05) is 13.2 Å². The zero-order chi connectivity index (χ0) is 55.4. The van der Waals surface area contributed by atoms with Crippen molar-refractivity contribution in [1.82, 2.24) is 5.32 Å². The van der Waals surface area contributed by atoms with Gasteiger partial charge in [-0.3, -0.25) is 9.59 Å². The largest absolute Gasteiger partial charge is 0.454 e. The lowest BCUT2D eigenvalue weighted by Gasteiger charge is -2.41. The minimum Gasteiger partial charge on any atom is -0.454 e. The standard InChI is InChI=1S/C65H113NO10/c1-4-7-10-13-16-19-22-25-26-27-28-29-30-31-32-35-38-41-44-47-50-53-60(70)76-63-62(72)61(71)59(54-67)75-65(63)74-55-56(57(68)51-48-45-42-39-36-33-23-20-17-14-11-8-5-2)66-64(73)58(69)52-49-46-43-40-37-34-24-21-18-15-12-9-6-3/h9,12,16,18-19,21,25-26,28-29,34,37,48,51,56-59,61-63,65,67-69,71-72H,4-8,10-11,13-15,17,20,22-24,27,30-33,35-36,38-47,49-50,52-55H2,1-3H3,(H,66,73)/b12-9+,19-16-,21-18+,26-25-,29-28-,37-34+,51-48+. The van der Waals surface area contributed by atoms with Gasteiger partial charge in [-0.15, -0.1) is 0 Å². The molecule has 0 bridgehead atoms. The lowest BCUT2D eigenvalue weighted by Crippen LogP contribution is -2.61. The van der Waals surface area contributed by atoms with Crippen LogP contribution in [0, 0.1) is 0 Å². The molecule has 0 aromatic carbocycles. The fourth-order valence-corrected chi connectivity index (χ4v) is 9.14. The van der Waals surface area contributed by atoms with Gasteiger partial charge in [0.2, 0.25) is 5.91 Å². The van der Waals surface area contributed by atoms with E-state index in [1.54, 1.807) is 6.08 Å². The number of rotatable bonds is 51. The summed E-state index contributed by atoms with van der Waals surface area (Å²) in [6, 6.07) is -1.04. The molecule has 1 aliphatic rings. The summed E-state index contributed by atoms with van der Waals surface area (Å²) in [5.41, 5.74) is 0. The smallest absolute Gasteiger partial charge is 0.306 e. The van der Waals surface area contributed by atoms with Gasteiger partial charge in [-0.2, -0.15) is 0 Å². The molecule has 6 N–H and O–H groups in total. The molecule has 76 heavy (non-hydrogen) atoms. The maximum atomic E-state index is 13.4. The molecule has 1 rings (SSSR count). The Bertz CT molecular complexity index is 1560. The van der Waals surface area contributed by atoms with E-state index in [0.29, 0.717) is 12.8 Å². The minimum atomic E-state index is -1.62. The zero-order valence-corrected chi connectivity index (χ0v) is 48.3. The second-order valence-corrected chi connectivity index (χ2v) is 21.0. The van der Waals surface area contributed by atoms with Crippen LogP contribution in [0.25, 0.3) is 0 Å². The van der Waals surface area contributed by atoms with Crippen LogP contribution in [0.1, 0.15) is 252 Å². The van der Waals surface area contributed by atoms with E-state index in [0.717, 1.165) is 103 Å². The summed E-state index contributed by atoms with van der Waals surface area (Å²) in [6.07, 6.45) is 57.6. The van der Waals surface area contributed by atoms with Crippen molar-refractivity contribution in [3.8, 4) is 0 Å². The van der Waals surface area contributed by atoms with E-state index in [1.165, 1.54) is 103 Å². The number of esters is 1. The highest BCUT2D eigenvalue weighted by molar-refractivity contribution is 5.80. The third-order valence-corrected chi connectivity index (χ3v) is 14.0. The first kappa shape index (κ1) is 70.9. The molecule has 11 nitrogen and oxygen atoms in total. The number of aliphatic hydroxyl groups excluding tert-OH is 5. The predicted octanol–water partition coefficient (Wildman–Crippen LogP) is 14.6. The van der Waals surface area contributed by atoms with Gasteiger partial charge in [0.05, 0.1) is 25.4 Å². The highest BCUT2D eigenvalue weighted by atomic mass is 16.7. The van der Waals surface area contributed by atoms with Gasteiger partial charge in [0.1, 0.15) is 24.4 Å². The number of amides is 1. The molecular weight excluding hydrogens is 955 g/mol. The monoisotopic (exact) mass is 1070 g/mol. The van der Waals surface area contributed by atoms with E-state index in [9.17, 15) is 35.1 Å². The molecule has 438 valence electrons. The molecule has 0 saturated carbocycles. The van der Waals surface area contributed by atoms with Gasteiger partial charge in [0.25, 0.3) is 0 Å². The summed E-state index contributed by atoms with van der Waals surface area (Å²) in [7, 11) is 0. The van der Waals surface area contributed by atoms with Crippen LogP contribution >= 0.6 is 0 Å². The van der Waals surface area contributed by atoms with Crippen LogP contribution in [0.15, 0.2) is 85.1 Å². The Morgan fingerprint density at radius 1 is 0.526 bits per heavy atom. The van der Waals surface area contributed by atoms with Crippen molar-refractivity contribution in [2.24, 2.45) is 0 Å². The predicted molar refractivity (Wildman–Crippen MR) is 315 cm³/mol. The molecule has 0 radical (unpaired) electrons. The van der Waals surface area contributed by atoms with Crippen molar-refractivity contribution < 1.29 is 49.3 Å². The second-order valence-electron chi connectivity index (χ2n) is 21.0. The van der Waals surface area contributed by atoms with E-state index in [1.807, 2.05) is 6.08 Å². The van der Waals surface area contributed by atoms with Gasteiger partial charge in [0.15, 0.2) is 12.4 Å². The Labute approximate surface area is 463 Å². The van der Waals surface area contributed by atoms with Crippen molar-refractivity contribution >= 4 is 11.9 Å². The topological polar surface area (TPSA) is 175 Å². The number of aliphatic hydroxyl groups is 5. The Balaban J connectivity index is 2.69. The number of ether oxygens (including phenoxy) is 3. The van der Waals surface area contributed by atoms with Crippen LogP contribution in [0.5, 0.6) is 0 Å². The van der Waals surface area contributed by atoms with E-state index in [4.69, 9.17) is 14.2 Å². The van der Waals surface area contributed by atoms with Crippen LogP contribution in [0.3, 0.4) is 0 Å². The molecule has 0 aliphatic carbocycles. The maximum Gasteiger partial charge on any atom is 0.306 e. The van der Waals surface area contributed by atoms with Crippen molar-refractivity contribution in [3.05, 3.63) is 85.1 Å². The van der Waals surface area contributed by atoms with Crippen LogP contribution in [0.2, 0.25) is 0 Å². The Morgan fingerprint density at radius 3 is 1.45 bits per heavy atom. The molecule has 1 heterocycles. The minimum absolute atomic E-state index is 0.109. The first-order valence-corrected chi connectivity index (χ1v) is 30.9. The van der Waals surface area contributed by atoms with E-state index < -0.39 is 67.4 Å². The molecule has 0 aromatic heterocycles. The number of allylic oxidation sites excluding steroid dienone is 13. The number of nitrogens with one attached hydrogen (secondary N) is 1. The normalized spacial score (nSPS) is 19.7. The molecule has 1 amide bonds. The fraction of sp³-hybridized carbons (Fsp3) is 0.754. The van der Waals surface area contributed by atoms with E-state index in [2.05, 4.69) is 99.0 Å². The van der Waals surface area contributed by atoms with Gasteiger partial charge < -0.3 is 45.1 Å². The molecule has 1 saturated heterocycles. The molecule has 0 spiro atoms. The zero-order valence-electron chi connectivity index (χ0n) is 48.3. The highest BCUT2D eigenvalue weighted by Gasteiger charge is 2.47. The maximum absolute atomic E-state index is 13.4. The second kappa shape index (κ2) is 52.5. The summed E-state index contributed by atoms with van der Waals surface area (Å²) in [5, 5.41) is 56.9. The molecule has 0 aromatic rings. The lowest BCUT2D eigenvalue weighted by atomic mass is 9.99. The van der Waals surface area contributed by atoms with Crippen LogP contribution in [0.4, 0.5) is 0 Å². The first-order chi connectivity index (χ1) is 37.2. The third-order valence-electron chi connectivity index (χ3n) is 14.0. The van der Waals surface area contributed by atoms with Crippen LogP contribution in [-0.4, -0.2) is 99.6 Å². The molecule has 1 fully saturated rings.